The molecule has 1 aliphatic rings. The molecule has 4 aromatic rings. The molecular weight excluding hydrogens is 428 g/mol. The number of amides is 2. The lowest BCUT2D eigenvalue weighted by atomic mass is 10.1. The van der Waals surface area contributed by atoms with Gasteiger partial charge >= 0.3 is 0 Å². The number of benzene rings is 2. The number of hydrogen-bond donors (Lipinski definition) is 1. The fourth-order valence-corrected chi connectivity index (χ4v) is 3.93. The van der Waals surface area contributed by atoms with E-state index in [1.54, 1.807) is 42.1 Å². The van der Waals surface area contributed by atoms with Crippen molar-refractivity contribution in [3.8, 4) is 17.3 Å². The van der Waals surface area contributed by atoms with Crippen molar-refractivity contribution in [2.75, 3.05) is 4.90 Å². The summed E-state index contributed by atoms with van der Waals surface area (Å²) in [6.07, 6.45) is 1.57. The van der Waals surface area contributed by atoms with E-state index in [4.69, 9.17) is 0 Å². The van der Waals surface area contributed by atoms with Crippen molar-refractivity contribution < 1.29 is 14.5 Å². The van der Waals surface area contributed by atoms with Crippen molar-refractivity contribution in [2.45, 2.75) is 0 Å². The summed E-state index contributed by atoms with van der Waals surface area (Å²) in [5.74, 6) is -1.67. The molecule has 0 aliphatic carbocycles. The number of fused-ring (bicyclic) bond motifs is 2. The zero-order valence-corrected chi connectivity index (χ0v) is 16.9. The number of nitrogens with zero attached hydrogens (tertiary/aromatic N) is 5. The van der Waals surface area contributed by atoms with Gasteiger partial charge < -0.3 is 4.57 Å². The van der Waals surface area contributed by atoms with Crippen LogP contribution in [0, 0.1) is 21.4 Å². The number of aromatic amines is 1. The van der Waals surface area contributed by atoms with Crippen LogP contribution in [-0.2, 0) is 7.05 Å². The molecule has 0 spiro atoms. The largest absolute Gasteiger partial charge is 0.350 e. The van der Waals surface area contributed by atoms with Gasteiger partial charge in [-0.1, -0.05) is 12.1 Å². The second kappa shape index (κ2) is 6.96. The van der Waals surface area contributed by atoms with Crippen LogP contribution in [0.3, 0.4) is 0 Å². The van der Waals surface area contributed by atoms with Gasteiger partial charge in [-0.25, -0.2) is 9.88 Å². The molecule has 1 N–H and O–H groups in total. The first-order valence-electron chi connectivity index (χ1n) is 9.58. The summed E-state index contributed by atoms with van der Waals surface area (Å²) in [6, 6.07) is 12.2. The van der Waals surface area contributed by atoms with E-state index in [0.29, 0.717) is 10.9 Å². The van der Waals surface area contributed by atoms with Gasteiger partial charge in [-0.05, 0) is 18.2 Å². The van der Waals surface area contributed by atoms with E-state index in [1.807, 2.05) is 0 Å². The third kappa shape index (κ3) is 2.82. The van der Waals surface area contributed by atoms with Crippen LogP contribution in [0.2, 0.25) is 0 Å². The molecule has 0 fully saturated rings. The Morgan fingerprint density at radius 2 is 1.73 bits per heavy atom. The van der Waals surface area contributed by atoms with Crippen molar-refractivity contribution in [3.05, 3.63) is 85.8 Å². The second-order valence-electron chi connectivity index (χ2n) is 7.33. The summed E-state index contributed by atoms with van der Waals surface area (Å²) in [5, 5.41) is 21.3. The van der Waals surface area contributed by atoms with Crippen LogP contribution in [0.25, 0.3) is 22.2 Å². The molecule has 0 saturated carbocycles. The van der Waals surface area contributed by atoms with Gasteiger partial charge in [0, 0.05) is 41.8 Å². The van der Waals surface area contributed by atoms with E-state index in [-0.39, 0.29) is 39.6 Å². The van der Waals surface area contributed by atoms with E-state index in [2.05, 4.69) is 9.97 Å². The molecule has 5 rings (SSSR count). The number of nitro benzene ring substituents is 1. The minimum Gasteiger partial charge on any atom is -0.350 e. The highest BCUT2D eigenvalue weighted by atomic mass is 16.6. The van der Waals surface area contributed by atoms with E-state index in [9.17, 15) is 29.8 Å². The highest BCUT2D eigenvalue weighted by Crippen LogP contribution is 2.34. The van der Waals surface area contributed by atoms with Crippen LogP contribution in [0.1, 0.15) is 26.3 Å². The van der Waals surface area contributed by atoms with Crippen LogP contribution in [0.15, 0.2) is 53.5 Å². The number of aromatic nitrogens is 3. The number of nitriles is 1. The number of nitrogens with one attached hydrogen (secondary N) is 1. The minimum atomic E-state index is -0.850. The van der Waals surface area contributed by atoms with Crippen molar-refractivity contribution >= 4 is 34.4 Å². The maximum atomic E-state index is 12.9. The number of carbonyl (C=O) groups excluding carboxylic acids is 2. The van der Waals surface area contributed by atoms with Crippen molar-refractivity contribution in [2.24, 2.45) is 7.05 Å². The number of carbonyl (C=O) groups is 2. The van der Waals surface area contributed by atoms with Crippen LogP contribution >= 0.6 is 0 Å². The predicted octanol–water partition coefficient (Wildman–Crippen LogP) is 2.51. The highest BCUT2D eigenvalue weighted by Gasteiger charge is 2.38. The summed E-state index contributed by atoms with van der Waals surface area (Å²) in [5.41, 5.74) is -0.280. The molecule has 11 nitrogen and oxygen atoms in total. The number of hydrogen-bond acceptors (Lipinski definition) is 7. The number of aryl methyl sites for hydroxylation is 1. The Morgan fingerprint density at radius 1 is 1.06 bits per heavy atom. The molecule has 1 aliphatic heterocycles. The third-order valence-electron chi connectivity index (χ3n) is 5.46. The maximum Gasteiger partial charge on any atom is 0.270 e. The fourth-order valence-electron chi connectivity index (χ4n) is 3.93. The zero-order chi connectivity index (χ0) is 23.4. The predicted molar refractivity (Wildman–Crippen MR) is 116 cm³/mol. The number of H-pyrrole nitrogens is 1. The van der Waals surface area contributed by atoms with Gasteiger partial charge in [-0.2, -0.15) is 5.26 Å². The van der Waals surface area contributed by atoms with Crippen molar-refractivity contribution in [3.63, 3.8) is 0 Å². The summed E-state index contributed by atoms with van der Waals surface area (Å²) < 4.78 is 1.67. The topological polar surface area (TPSA) is 155 Å². The normalized spacial score (nSPS) is 12.8. The van der Waals surface area contributed by atoms with Gasteiger partial charge in [0.15, 0.2) is 0 Å². The van der Waals surface area contributed by atoms with Gasteiger partial charge in [0.25, 0.3) is 23.1 Å². The average Bonchev–Trinajstić information content (AvgIpc) is 3.27. The molecular formula is C22H12N6O5. The zero-order valence-electron chi connectivity index (χ0n) is 16.9. The first kappa shape index (κ1) is 19.8. The smallest absolute Gasteiger partial charge is 0.270 e. The van der Waals surface area contributed by atoms with Crippen LogP contribution in [0.4, 0.5) is 11.6 Å². The first-order valence-corrected chi connectivity index (χ1v) is 9.58. The Hall–Kier alpha value is -5.11. The van der Waals surface area contributed by atoms with Crippen molar-refractivity contribution in [1.82, 2.24) is 14.5 Å². The van der Waals surface area contributed by atoms with E-state index in [0.717, 1.165) is 4.90 Å². The number of rotatable bonds is 3. The lowest BCUT2D eigenvalue weighted by Crippen LogP contribution is -2.33. The molecule has 3 heterocycles. The number of nitro groups is 1. The maximum absolute atomic E-state index is 12.9. The number of imide groups is 1. The van der Waals surface area contributed by atoms with E-state index < -0.39 is 22.3 Å². The Labute approximate surface area is 184 Å². The molecule has 160 valence electrons. The summed E-state index contributed by atoms with van der Waals surface area (Å²) >= 11 is 0. The molecule has 2 amide bonds. The average molecular weight is 440 g/mol. The fraction of sp³-hybridized carbons (Fsp3) is 0.0455. The minimum absolute atomic E-state index is 0.0982. The number of anilines is 1. The van der Waals surface area contributed by atoms with Crippen LogP contribution < -0.4 is 10.5 Å². The molecule has 0 bridgehead atoms. The van der Waals surface area contributed by atoms with Gasteiger partial charge in [-0.15, -0.1) is 0 Å². The third-order valence-corrected chi connectivity index (χ3v) is 5.46. The molecule has 0 atom stereocenters. The summed E-state index contributed by atoms with van der Waals surface area (Å²) in [6.45, 7) is 0. The summed E-state index contributed by atoms with van der Waals surface area (Å²) in [4.78, 5) is 56.6. The van der Waals surface area contributed by atoms with Gasteiger partial charge in [0.05, 0.1) is 21.7 Å². The highest BCUT2D eigenvalue weighted by molar-refractivity contribution is 6.33. The number of non-ortho nitro benzene ring substituents is 1. The molecule has 2 aromatic heterocycles. The van der Waals surface area contributed by atoms with Crippen LogP contribution in [0.5, 0.6) is 0 Å². The molecule has 0 saturated heterocycles. The Kier molecular flexibility index (Phi) is 4.18. The van der Waals surface area contributed by atoms with Gasteiger partial charge in [0.1, 0.15) is 11.6 Å². The summed E-state index contributed by atoms with van der Waals surface area (Å²) in [7, 11) is 1.70. The molecule has 0 radical (unpaired) electrons. The Balaban J connectivity index is 1.76. The Bertz CT molecular complexity index is 1610. The lowest BCUT2D eigenvalue weighted by Gasteiger charge is -2.13. The van der Waals surface area contributed by atoms with E-state index >= 15 is 0 Å². The first-order chi connectivity index (χ1) is 15.8. The molecule has 0 unspecified atom stereocenters. The van der Waals surface area contributed by atoms with Crippen LogP contribution in [-0.4, -0.2) is 31.3 Å². The quantitative estimate of drug-likeness (QED) is 0.291. The van der Waals surface area contributed by atoms with Crippen molar-refractivity contribution in [1.29, 1.82) is 5.26 Å². The monoisotopic (exact) mass is 440 g/mol. The van der Waals surface area contributed by atoms with Gasteiger partial charge in [0.2, 0.25) is 5.95 Å². The van der Waals surface area contributed by atoms with E-state index in [1.165, 1.54) is 24.3 Å². The second-order valence-corrected chi connectivity index (χ2v) is 7.33. The SMILES string of the molecule is Cn1cc(-c2nc(N3C(=O)c4ccccc4C3=O)[nH]c(=O)c2C#N)c2cc([N+](=O)[O-])ccc21. The molecule has 2 aromatic carbocycles. The Morgan fingerprint density at radius 3 is 2.33 bits per heavy atom. The standard InChI is InChI=1S/C22H12N6O5/c1-26-10-16(14-8-11(28(32)33)6-7-17(14)26)18-15(9-23)19(29)25-22(24-18)27-20(30)12-4-2-3-5-13(12)21(27)31/h2-8,10H,1H3,(H,24,25,29). The molecule has 33 heavy (non-hydrogen) atoms. The lowest BCUT2D eigenvalue weighted by molar-refractivity contribution is -0.384. The van der Waals surface area contributed by atoms with Gasteiger partial charge in [-0.3, -0.25) is 29.5 Å². The molecule has 11 heteroatoms.